The van der Waals surface area contributed by atoms with E-state index in [0.717, 1.165) is 96.3 Å². The second kappa shape index (κ2) is 70.3. The summed E-state index contributed by atoms with van der Waals surface area (Å²) in [4.78, 5) is 38.5. The lowest BCUT2D eigenvalue weighted by molar-refractivity contribution is -0.167. The maximum Gasteiger partial charge on any atom is 0.306 e. The van der Waals surface area contributed by atoms with Gasteiger partial charge in [0.2, 0.25) is 0 Å². The fourth-order valence-electron chi connectivity index (χ4n) is 10.6. The van der Waals surface area contributed by atoms with Crippen LogP contribution in [0.5, 0.6) is 0 Å². The first-order valence-corrected chi connectivity index (χ1v) is 35.9. The second-order valence-electron chi connectivity index (χ2n) is 24.1. The van der Waals surface area contributed by atoms with E-state index in [1.54, 1.807) is 0 Å². The average Bonchev–Trinajstić information content (AvgIpc) is 3.48. The van der Waals surface area contributed by atoms with Crippen LogP contribution in [-0.2, 0) is 28.6 Å². The Kier molecular flexibility index (Phi) is 67.6. The van der Waals surface area contributed by atoms with E-state index in [9.17, 15) is 14.4 Å². The van der Waals surface area contributed by atoms with E-state index in [-0.39, 0.29) is 31.1 Å². The van der Waals surface area contributed by atoms with Gasteiger partial charge in [-0.25, -0.2) is 0 Å². The topological polar surface area (TPSA) is 78.9 Å². The highest BCUT2D eigenvalue weighted by Crippen LogP contribution is 2.18. The van der Waals surface area contributed by atoms with Crippen molar-refractivity contribution in [2.75, 3.05) is 13.2 Å². The summed E-state index contributed by atoms with van der Waals surface area (Å²) in [7, 11) is 0. The van der Waals surface area contributed by atoms with Crippen LogP contribution < -0.4 is 0 Å². The molecular formula is C76H136O6. The molecule has 0 aromatic heterocycles. The van der Waals surface area contributed by atoms with E-state index in [1.807, 2.05) is 0 Å². The summed E-state index contributed by atoms with van der Waals surface area (Å²) in [5, 5.41) is 0. The molecule has 0 fully saturated rings. The number of carbonyl (C=O) groups is 3. The lowest BCUT2D eigenvalue weighted by Crippen LogP contribution is -2.30. The van der Waals surface area contributed by atoms with Crippen molar-refractivity contribution in [1.82, 2.24) is 0 Å². The Balaban J connectivity index is 4.36. The average molecular weight is 1150 g/mol. The van der Waals surface area contributed by atoms with Gasteiger partial charge in [0.05, 0.1) is 0 Å². The molecule has 6 nitrogen and oxygen atoms in total. The van der Waals surface area contributed by atoms with Gasteiger partial charge in [0.25, 0.3) is 0 Å². The van der Waals surface area contributed by atoms with Gasteiger partial charge in [-0.3, -0.25) is 14.4 Å². The predicted octanol–water partition coefficient (Wildman–Crippen LogP) is 24.8. The van der Waals surface area contributed by atoms with Crippen molar-refractivity contribution in [2.45, 2.75) is 380 Å². The molecule has 0 aromatic carbocycles. The van der Waals surface area contributed by atoms with Gasteiger partial charge in [-0.2, -0.15) is 0 Å². The highest BCUT2D eigenvalue weighted by atomic mass is 16.6. The molecule has 0 radical (unpaired) electrons. The first-order chi connectivity index (χ1) is 40.5. The Morgan fingerprint density at radius 1 is 0.256 bits per heavy atom. The Labute approximate surface area is 510 Å². The van der Waals surface area contributed by atoms with Crippen molar-refractivity contribution >= 4 is 17.9 Å². The molecule has 1 unspecified atom stereocenters. The highest BCUT2D eigenvalue weighted by Gasteiger charge is 2.19. The molecule has 0 amide bonds. The molecule has 82 heavy (non-hydrogen) atoms. The summed E-state index contributed by atoms with van der Waals surface area (Å²) in [6, 6.07) is 0. The summed E-state index contributed by atoms with van der Waals surface area (Å²) >= 11 is 0. The second-order valence-corrected chi connectivity index (χ2v) is 24.1. The molecule has 0 aliphatic rings. The third-order valence-electron chi connectivity index (χ3n) is 15.9. The number of carbonyl (C=O) groups excluding carboxylic acids is 3. The molecule has 0 saturated carbocycles. The van der Waals surface area contributed by atoms with Crippen LogP contribution in [0.1, 0.15) is 374 Å². The van der Waals surface area contributed by atoms with Crippen molar-refractivity contribution in [3.8, 4) is 0 Å². The Hall–Kier alpha value is -3.15. The number of esters is 3. The normalized spacial score (nSPS) is 12.5. The maximum absolute atomic E-state index is 13.0. The first kappa shape index (κ1) is 78.8. The van der Waals surface area contributed by atoms with E-state index in [0.29, 0.717) is 19.3 Å². The molecule has 0 spiro atoms. The van der Waals surface area contributed by atoms with Gasteiger partial charge in [0, 0.05) is 19.3 Å². The van der Waals surface area contributed by atoms with E-state index < -0.39 is 6.10 Å². The van der Waals surface area contributed by atoms with Gasteiger partial charge in [-0.1, -0.05) is 338 Å². The van der Waals surface area contributed by atoms with Crippen LogP contribution in [-0.4, -0.2) is 37.2 Å². The fourth-order valence-corrected chi connectivity index (χ4v) is 10.6. The molecule has 6 heteroatoms. The zero-order chi connectivity index (χ0) is 59.2. The van der Waals surface area contributed by atoms with Gasteiger partial charge >= 0.3 is 17.9 Å². The highest BCUT2D eigenvalue weighted by molar-refractivity contribution is 5.71. The SMILES string of the molecule is CC/C=C\C/C=C\C/C=C\C/C=C\C/C=C\CCCCCCCCCC(=O)OCC(COC(=O)CCCCCCCCCCC/C=C\CCCCCCCC)OC(=O)CCCCCCCCCCCCCCCCCCCCCCCC. The lowest BCUT2D eigenvalue weighted by atomic mass is 10.0. The number of unbranched alkanes of at least 4 members (excludes halogenated alkanes) is 43. The number of allylic oxidation sites excluding steroid dienone is 12. The zero-order valence-corrected chi connectivity index (χ0v) is 54.8. The van der Waals surface area contributed by atoms with Crippen LogP contribution in [0.3, 0.4) is 0 Å². The Morgan fingerprint density at radius 3 is 0.756 bits per heavy atom. The minimum Gasteiger partial charge on any atom is -0.462 e. The van der Waals surface area contributed by atoms with Crippen LogP contribution >= 0.6 is 0 Å². The molecule has 0 rings (SSSR count). The largest absolute Gasteiger partial charge is 0.462 e. The minimum absolute atomic E-state index is 0.0762. The number of ether oxygens (including phenoxy) is 3. The molecular weight excluding hydrogens is 1010 g/mol. The molecule has 1 atom stereocenters. The monoisotopic (exact) mass is 1150 g/mol. The molecule has 0 bridgehead atoms. The van der Waals surface area contributed by atoms with Crippen LogP contribution in [0, 0.1) is 0 Å². The van der Waals surface area contributed by atoms with Gasteiger partial charge in [0.15, 0.2) is 6.10 Å². The van der Waals surface area contributed by atoms with Gasteiger partial charge in [-0.15, -0.1) is 0 Å². The quantitative estimate of drug-likeness (QED) is 0.0261. The summed E-state index contributed by atoms with van der Waals surface area (Å²) in [6.07, 6.45) is 92.1. The molecule has 0 heterocycles. The molecule has 0 aliphatic carbocycles. The van der Waals surface area contributed by atoms with Crippen LogP contribution in [0.4, 0.5) is 0 Å². The maximum atomic E-state index is 13.0. The van der Waals surface area contributed by atoms with Gasteiger partial charge in [0.1, 0.15) is 13.2 Å². The van der Waals surface area contributed by atoms with E-state index in [2.05, 4.69) is 93.7 Å². The van der Waals surface area contributed by atoms with E-state index in [1.165, 1.54) is 238 Å². The summed E-state index contributed by atoms with van der Waals surface area (Å²) in [6.45, 7) is 6.58. The molecule has 476 valence electrons. The first-order valence-electron chi connectivity index (χ1n) is 35.9. The van der Waals surface area contributed by atoms with E-state index in [4.69, 9.17) is 14.2 Å². The summed E-state index contributed by atoms with van der Waals surface area (Å²) in [5.74, 6) is -0.865. The number of hydrogen-bond acceptors (Lipinski definition) is 6. The molecule has 0 N–H and O–H groups in total. The molecule has 0 aliphatic heterocycles. The van der Waals surface area contributed by atoms with Crippen molar-refractivity contribution in [3.63, 3.8) is 0 Å². The van der Waals surface area contributed by atoms with Crippen LogP contribution in [0.2, 0.25) is 0 Å². The van der Waals surface area contributed by atoms with Crippen molar-refractivity contribution in [1.29, 1.82) is 0 Å². The summed E-state index contributed by atoms with van der Waals surface area (Å²) < 4.78 is 17.0. The third kappa shape index (κ3) is 67.6. The molecule has 0 aromatic rings. The molecule has 0 saturated heterocycles. The minimum atomic E-state index is -0.782. The van der Waals surface area contributed by atoms with Crippen LogP contribution in [0.15, 0.2) is 72.9 Å². The fraction of sp³-hybridized carbons (Fsp3) is 0.803. The third-order valence-corrected chi connectivity index (χ3v) is 15.9. The van der Waals surface area contributed by atoms with E-state index >= 15 is 0 Å². The van der Waals surface area contributed by atoms with Crippen LogP contribution in [0.25, 0.3) is 0 Å². The van der Waals surface area contributed by atoms with Crippen molar-refractivity contribution in [3.05, 3.63) is 72.9 Å². The Bertz CT molecular complexity index is 1500. The smallest absolute Gasteiger partial charge is 0.306 e. The summed E-state index contributed by atoms with van der Waals surface area (Å²) in [5.41, 5.74) is 0. The predicted molar refractivity (Wildman–Crippen MR) is 358 cm³/mol. The standard InChI is InChI=1S/C76H136O6/c1-4-7-10-13-16-19-22-25-28-31-34-36-38-40-42-45-48-51-54-57-60-63-66-69-75(78)81-72-73(71-80-74(77)68-65-62-59-56-53-50-47-44-41-33-30-27-24-21-18-15-12-9-6-3)82-76(79)70-67-64-61-58-55-52-49-46-43-39-37-35-32-29-26-23-20-17-14-11-8-5-2/h7,10,16,19,25,27-28,30,34,36,40,42,73H,4-6,8-9,11-15,17-18,20-24,26,29,31-33,35,37-39,41,43-72H2,1-3H3/b10-7-,19-16-,28-25-,30-27-,36-34-,42-40-. The van der Waals surface area contributed by atoms with Gasteiger partial charge in [-0.05, 0) is 89.9 Å². The number of hydrogen-bond donors (Lipinski definition) is 0. The lowest BCUT2D eigenvalue weighted by Gasteiger charge is -2.18. The Morgan fingerprint density at radius 2 is 0.476 bits per heavy atom. The number of rotatable bonds is 66. The van der Waals surface area contributed by atoms with Gasteiger partial charge < -0.3 is 14.2 Å². The zero-order valence-electron chi connectivity index (χ0n) is 54.8. The van der Waals surface area contributed by atoms with Crippen molar-refractivity contribution < 1.29 is 28.6 Å². The van der Waals surface area contributed by atoms with Crippen molar-refractivity contribution in [2.24, 2.45) is 0 Å².